The van der Waals surface area contributed by atoms with Crippen molar-refractivity contribution in [3.63, 3.8) is 0 Å². The fourth-order valence-corrected chi connectivity index (χ4v) is 2.68. The minimum absolute atomic E-state index is 0.0178. The molecule has 0 atom stereocenters. The Morgan fingerprint density at radius 2 is 1.89 bits per heavy atom. The van der Waals surface area contributed by atoms with Crippen molar-refractivity contribution in [3.8, 4) is 0 Å². The van der Waals surface area contributed by atoms with Crippen molar-refractivity contribution in [2.24, 2.45) is 14.1 Å². The van der Waals surface area contributed by atoms with Gasteiger partial charge in [0.2, 0.25) is 5.91 Å². The summed E-state index contributed by atoms with van der Waals surface area (Å²) in [6, 6.07) is 1.36. The van der Waals surface area contributed by atoms with Gasteiger partial charge in [0.05, 0.1) is 0 Å². The topological polar surface area (TPSA) is 130 Å². The monoisotopic (exact) mass is 391 g/mol. The second-order valence-electron chi connectivity index (χ2n) is 5.93. The Hall–Kier alpha value is -3.90. The van der Waals surface area contributed by atoms with Gasteiger partial charge in [-0.1, -0.05) is 5.21 Å². The number of carbonyl (C=O) groups excluding carboxylic acids is 1. The lowest BCUT2D eigenvalue weighted by Gasteiger charge is -2.04. The summed E-state index contributed by atoms with van der Waals surface area (Å²) in [4.78, 5) is 40.3. The van der Waals surface area contributed by atoms with Crippen molar-refractivity contribution in [2.75, 3.05) is 5.32 Å². The van der Waals surface area contributed by atoms with Crippen molar-refractivity contribution >= 4 is 34.2 Å². The van der Waals surface area contributed by atoms with Gasteiger partial charge in [0.25, 0.3) is 5.56 Å². The summed E-state index contributed by atoms with van der Waals surface area (Å²) in [5, 5.41) is 9.79. The predicted molar refractivity (Wildman–Crippen MR) is 90.6 cm³/mol. The van der Waals surface area contributed by atoms with E-state index < -0.39 is 35.3 Å². The summed E-state index contributed by atoms with van der Waals surface area (Å²) in [6.07, 6.45) is 0. The van der Waals surface area contributed by atoms with Crippen LogP contribution >= 0.6 is 0 Å². The number of amides is 1. The molecule has 13 heteroatoms. The van der Waals surface area contributed by atoms with E-state index in [-0.39, 0.29) is 28.3 Å². The Balaban J connectivity index is 1.64. The number of fused-ring (bicyclic) bond motifs is 2. The van der Waals surface area contributed by atoms with Crippen molar-refractivity contribution in [1.82, 2.24) is 29.1 Å². The zero-order valence-corrected chi connectivity index (χ0v) is 14.4. The number of aryl methyl sites for hydroxylation is 1. The number of carbonyl (C=O) groups is 1. The number of halogens is 2. The number of rotatable bonds is 3. The molecule has 4 aromatic rings. The van der Waals surface area contributed by atoms with Gasteiger partial charge in [-0.15, -0.1) is 5.10 Å². The molecule has 0 aliphatic rings. The first-order valence-electron chi connectivity index (χ1n) is 7.81. The van der Waals surface area contributed by atoms with Gasteiger partial charge in [-0.05, 0) is 0 Å². The average Bonchev–Trinajstić information content (AvgIpc) is 3.22. The molecular weight excluding hydrogens is 380 g/mol. The van der Waals surface area contributed by atoms with Crippen LogP contribution in [0.5, 0.6) is 0 Å². The Labute approximate surface area is 152 Å². The van der Waals surface area contributed by atoms with Gasteiger partial charge in [0.1, 0.15) is 12.1 Å². The molecule has 4 rings (SSSR count). The van der Waals surface area contributed by atoms with Crippen LogP contribution in [0.15, 0.2) is 26.1 Å². The molecule has 0 radical (unpaired) electrons. The minimum Gasteiger partial charge on any atom is -0.423 e. The van der Waals surface area contributed by atoms with Gasteiger partial charge in [-0.2, -0.15) is 4.98 Å². The summed E-state index contributed by atoms with van der Waals surface area (Å²) in [6.45, 7) is -0.439. The summed E-state index contributed by atoms with van der Waals surface area (Å²) >= 11 is 0. The number of hydrogen-bond acceptors (Lipinski definition) is 7. The number of hydrogen-bond donors (Lipinski definition) is 1. The van der Waals surface area contributed by atoms with Crippen LogP contribution in [-0.2, 0) is 25.4 Å². The zero-order valence-electron chi connectivity index (χ0n) is 14.4. The van der Waals surface area contributed by atoms with Gasteiger partial charge in [-0.25, -0.2) is 18.3 Å². The molecule has 28 heavy (non-hydrogen) atoms. The third kappa shape index (κ3) is 2.64. The maximum absolute atomic E-state index is 13.2. The standard InChI is InChI=1S/C15H11F2N7O4/c1-22-12-11(13(26)23(2)15(22)27)24(21-20-12)5-10(25)19-14-18-8-3-6(16)7(17)4-9(8)28-14/h3-4H,5H2,1-2H3,(H,18,19,25). The smallest absolute Gasteiger partial charge is 0.332 e. The van der Waals surface area contributed by atoms with E-state index in [0.29, 0.717) is 0 Å². The van der Waals surface area contributed by atoms with E-state index in [0.717, 1.165) is 25.9 Å². The second-order valence-corrected chi connectivity index (χ2v) is 5.93. The van der Waals surface area contributed by atoms with E-state index in [1.54, 1.807) is 0 Å². The molecule has 0 saturated carbocycles. The Morgan fingerprint density at radius 3 is 2.64 bits per heavy atom. The van der Waals surface area contributed by atoms with Crippen molar-refractivity contribution in [2.45, 2.75) is 6.54 Å². The van der Waals surface area contributed by atoms with Crippen LogP contribution in [0, 0.1) is 11.6 Å². The van der Waals surface area contributed by atoms with Crippen LogP contribution in [-0.4, -0.2) is 35.0 Å². The first-order chi connectivity index (χ1) is 13.3. The SMILES string of the molecule is Cn1c(=O)c2c(nnn2CC(=O)Nc2nc3cc(F)c(F)cc3o2)n(C)c1=O. The quantitative estimate of drug-likeness (QED) is 0.516. The number of aromatic nitrogens is 6. The van der Waals surface area contributed by atoms with E-state index in [1.165, 1.54) is 14.1 Å². The molecule has 0 aliphatic carbocycles. The fourth-order valence-electron chi connectivity index (χ4n) is 2.68. The maximum Gasteiger partial charge on any atom is 0.332 e. The lowest BCUT2D eigenvalue weighted by atomic mass is 10.3. The predicted octanol–water partition coefficient (Wildman–Crippen LogP) is -0.113. The molecular formula is C15H11F2N7O4. The lowest BCUT2D eigenvalue weighted by Crippen LogP contribution is -2.38. The molecule has 11 nitrogen and oxygen atoms in total. The first-order valence-corrected chi connectivity index (χ1v) is 7.81. The normalized spacial score (nSPS) is 11.4. The van der Waals surface area contributed by atoms with Gasteiger partial charge < -0.3 is 4.42 Å². The van der Waals surface area contributed by atoms with Crippen molar-refractivity contribution in [3.05, 3.63) is 44.6 Å². The highest BCUT2D eigenvalue weighted by atomic mass is 19.2. The number of oxazole rings is 1. The van der Waals surface area contributed by atoms with E-state index in [2.05, 4.69) is 20.6 Å². The summed E-state index contributed by atoms with van der Waals surface area (Å²) in [5.74, 6) is -2.90. The molecule has 1 aromatic carbocycles. The Morgan fingerprint density at radius 1 is 1.18 bits per heavy atom. The Kier molecular flexibility index (Phi) is 3.80. The molecule has 0 unspecified atom stereocenters. The highest BCUT2D eigenvalue weighted by Gasteiger charge is 2.19. The molecule has 0 fully saturated rings. The minimum atomic E-state index is -1.11. The molecule has 3 aromatic heterocycles. The van der Waals surface area contributed by atoms with Gasteiger partial charge in [-0.3, -0.25) is 24.0 Å². The molecule has 144 valence electrons. The fraction of sp³-hybridized carbons (Fsp3) is 0.200. The number of anilines is 1. The highest BCUT2D eigenvalue weighted by molar-refractivity contribution is 5.90. The van der Waals surface area contributed by atoms with Gasteiger partial charge >= 0.3 is 11.7 Å². The van der Waals surface area contributed by atoms with Gasteiger partial charge in [0.15, 0.2) is 28.4 Å². The van der Waals surface area contributed by atoms with Crippen LogP contribution in [0.1, 0.15) is 0 Å². The molecule has 0 aliphatic heterocycles. The average molecular weight is 391 g/mol. The number of benzene rings is 1. The number of nitrogens with one attached hydrogen (secondary N) is 1. The molecule has 3 heterocycles. The lowest BCUT2D eigenvalue weighted by molar-refractivity contribution is -0.117. The largest absolute Gasteiger partial charge is 0.423 e. The van der Waals surface area contributed by atoms with E-state index in [9.17, 15) is 23.2 Å². The maximum atomic E-state index is 13.2. The van der Waals surface area contributed by atoms with E-state index in [4.69, 9.17) is 4.42 Å². The van der Waals surface area contributed by atoms with E-state index in [1.807, 2.05) is 0 Å². The molecule has 0 bridgehead atoms. The Bertz CT molecular complexity index is 1340. The zero-order chi connectivity index (χ0) is 20.2. The molecule has 0 spiro atoms. The first kappa shape index (κ1) is 17.5. The van der Waals surface area contributed by atoms with Crippen molar-refractivity contribution < 1.29 is 18.0 Å². The summed E-state index contributed by atoms with van der Waals surface area (Å²) < 4.78 is 34.6. The summed E-state index contributed by atoms with van der Waals surface area (Å²) in [5.41, 5.74) is -1.30. The van der Waals surface area contributed by atoms with Crippen molar-refractivity contribution in [1.29, 1.82) is 0 Å². The number of nitrogens with zero attached hydrogens (tertiary/aromatic N) is 6. The van der Waals surface area contributed by atoms with E-state index >= 15 is 0 Å². The van der Waals surface area contributed by atoms with Crippen LogP contribution in [0.4, 0.5) is 14.8 Å². The molecule has 1 N–H and O–H groups in total. The third-order valence-electron chi connectivity index (χ3n) is 4.09. The second kappa shape index (κ2) is 6.07. The third-order valence-corrected chi connectivity index (χ3v) is 4.09. The van der Waals surface area contributed by atoms with Crippen LogP contribution in [0.2, 0.25) is 0 Å². The highest BCUT2D eigenvalue weighted by Crippen LogP contribution is 2.21. The molecule has 0 saturated heterocycles. The molecule has 1 amide bonds. The van der Waals surface area contributed by atoms with Crippen LogP contribution in [0.3, 0.4) is 0 Å². The van der Waals surface area contributed by atoms with Crippen LogP contribution < -0.4 is 16.6 Å². The van der Waals surface area contributed by atoms with Gasteiger partial charge in [0, 0.05) is 26.2 Å². The van der Waals surface area contributed by atoms with Crippen LogP contribution in [0.25, 0.3) is 22.3 Å². The summed E-state index contributed by atoms with van der Waals surface area (Å²) in [7, 11) is 2.71.